The Labute approximate surface area is 208 Å². The summed E-state index contributed by atoms with van der Waals surface area (Å²) in [7, 11) is 0. The summed E-state index contributed by atoms with van der Waals surface area (Å²) in [5, 5.41) is 6.05. The van der Waals surface area contributed by atoms with E-state index in [1.54, 1.807) is 23.9 Å². The Kier molecular flexibility index (Phi) is 10.7. The second-order valence-electron chi connectivity index (χ2n) is 8.80. The number of nitrogens with one attached hydrogen (secondary N) is 1. The fraction of sp³-hybridized carbons (Fsp3) is 0.429. The first-order chi connectivity index (χ1) is 16.5. The molecule has 2 unspecified atom stereocenters. The number of hydrogen-bond donors (Lipinski definition) is 2. The zero-order chi connectivity index (χ0) is 24.3. The van der Waals surface area contributed by atoms with Crippen molar-refractivity contribution >= 4 is 11.8 Å². The number of hydroxylamine groups is 2. The van der Waals surface area contributed by atoms with Gasteiger partial charge in [-0.3, -0.25) is 9.90 Å². The standard InChI is InChI=1S/C28H38FN3OS/c1-4-5-14-32-25(17-26(18-30)34-3)16-21(2)15-24(20-33-32)31-19-22-10-12-23(13-11-22)27-8-6-7-9-28(27)29/h6-13,16,24,26,31H,2,4-5,14-15,17-20,30H2,1,3H3/b25-16-. The summed E-state index contributed by atoms with van der Waals surface area (Å²) in [6.45, 7) is 9.33. The van der Waals surface area contributed by atoms with Gasteiger partial charge < -0.3 is 11.1 Å². The molecule has 0 fully saturated rings. The minimum atomic E-state index is -0.200. The zero-order valence-electron chi connectivity index (χ0n) is 20.4. The molecule has 0 aliphatic carbocycles. The van der Waals surface area contributed by atoms with E-state index in [4.69, 9.17) is 10.6 Å². The van der Waals surface area contributed by atoms with Gasteiger partial charge in [0.15, 0.2) is 0 Å². The van der Waals surface area contributed by atoms with Gasteiger partial charge in [0.05, 0.1) is 6.61 Å². The molecule has 184 valence electrons. The molecule has 0 saturated carbocycles. The van der Waals surface area contributed by atoms with Crippen LogP contribution in [0.5, 0.6) is 0 Å². The molecule has 1 aliphatic rings. The highest BCUT2D eigenvalue weighted by Crippen LogP contribution is 2.25. The maximum Gasteiger partial charge on any atom is 0.131 e. The van der Waals surface area contributed by atoms with Gasteiger partial charge in [-0.2, -0.15) is 11.8 Å². The number of hydrogen-bond acceptors (Lipinski definition) is 5. The molecule has 0 saturated heterocycles. The molecule has 0 aromatic heterocycles. The molecule has 34 heavy (non-hydrogen) atoms. The quantitative estimate of drug-likeness (QED) is 0.416. The number of unbranched alkanes of at least 4 members (excludes halogenated alkanes) is 1. The van der Waals surface area contributed by atoms with Crippen LogP contribution < -0.4 is 11.1 Å². The van der Waals surface area contributed by atoms with E-state index in [-0.39, 0.29) is 11.9 Å². The maximum atomic E-state index is 14.1. The topological polar surface area (TPSA) is 50.5 Å². The summed E-state index contributed by atoms with van der Waals surface area (Å²) < 4.78 is 14.1. The van der Waals surface area contributed by atoms with Gasteiger partial charge in [-0.05, 0) is 42.4 Å². The normalized spacial score (nSPS) is 19.3. The largest absolute Gasteiger partial charge is 0.329 e. The number of nitrogens with two attached hydrogens (primary N) is 1. The molecule has 1 aliphatic heterocycles. The molecule has 0 spiro atoms. The molecule has 6 heteroatoms. The highest BCUT2D eigenvalue weighted by Gasteiger charge is 2.21. The fourth-order valence-corrected chi connectivity index (χ4v) is 4.59. The average molecular weight is 484 g/mol. The third-order valence-electron chi connectivity index (χ3n) is 6.11. The molecule has 0 radical (unpaired) electrons. The first-order valence-electron chi connectivity index (χ1n) is 12.1. The van der Waals surface area contributed by atoms with E-state index in [0.717, 1.165) is 48.9 Å². The van der Waals surface area contributed by atoms with Gasteiger partial charge in [0.25, 0.3) is 0 Å². The van der Waals surface area contributed by atoms with Crippen molar-refractivity contribution < 1.29 is 9.23 Å². The summed E-state index contributed by atoms with van der Waals surface area (Å²) in [5.74, 6) is -0.200. The Hall–Kier alpha value is -2.12. The molecule has 3 rings (SSSR count). The number of thioether (sulfide) groups is 1. The van der Waals surface area contributed by atoms with Crippen molar-refractivity contribution in [2.45, 2.75) is 50.4 Å². The first-order valence-corrected chi connectivity index (χ1v) is 13.4. The predicted molar refractivity (Wildman–Crippen MR) is 143 cm³/mol. The molecule has 2 aromatic carbocycles. The van der Waals surface area contributed by atoms with Crippen LogP contribution in [-0.4, -0.2) is 42.3 Å². The smallest absolute Gasteiger partial charge is 0.131 e. The van der Waals surface area contributed by atoms with Crippen molar-refractivity contribution in [2.75, 3.05) is 26.0 Å². The van der Waals surface area contributed by atoms with Crippen molar-refractivity contribution in [1.29, 1.82) is 0 Å². The Morgan fingerprint density at radius 3 is 2.68 bits per heavy atom. The second kappa shape index (κ2) is 13.7. The fourth-order valence-electron chi connectivity index (χ4n) is 4.06. The summed E-state index contributed by atoms with van der Waals surface area (Å²) in [4.78, 5) is 6.30. The van der Waals surface area contributed by atoms with Gasteiger partial charge in [0.1, 0.15) is 5.82 Å². The van der Waals surface area contributed by atoms with E-state index >= 15 is 0 Å². The molecule has 0 amide bonds. The minimum Gasteiger partial charge on any atom is -0.329 e. The maximum absolute atomic E-state index is 14.1. The number of allylic oxidation sites excluding steroid dienone is 2. The van der Waals surface area contributed by atoms with Gasteiger partial charge >= 0.3 is 0 Å². The Morgan fingerprint density at radius 2 is 2.00 bits per heavy atom. The Morgan fingerprint density at radius 1 is 1.24 bits per heavy atom. The summed E-state index contributed by atoms with van der Waals surface area (Å²) in [6.07, 6.45) is 8.18. The van der Waals surface area contributed by atoms with E-state index in [2.05, 4.69) is 36.2 Å². The van der Waals surface area contributed by atoms with Crippen LogP contribution in [-0.2, 0) is 11.4 Å². The molecule has 3 N–H and O–H groups in total. The van der Waals surface area contributed by atoms with Gasteiger partial charge in [-0.15, -0.1) is 0 Å². The Bertz CT molecular complexity index is 943. The van der Waals surface area contributed by atoms with Crippen LogP contribution in [0.3, 0.4) is 0 Å². The molecule has 2 aromatic rings. The number of nitrogens with zero attached hydrogens (tertiary/aromatic N) is 1. The van der Waals surface area contributed by atoms with Crippen LogP contribution in [0.1, 0.15) is 38.2 Å². The van der Waals surface area contributed by atoms with E-state index in [0.29, 0.717) is 30.5 Å². The van der Waals surface area contributed by atoms with Crippen molar-refractivity contribution in [2.24, 2.45) is 5.73 Å². The van der Waals surface area contributed by atoms with Crippen molar-refractivity contribution in [3.63, 3.8) is 0 Å². The van der Waals surface area contributed by atoms with Gasteiger partial charge in [-0.1, -0.05) is 68.0 Å². The number of benzene rings is 2. The van der Waals surface area contributed by atoms with Gasteiger partial charge in [-0.25, -0.2) is 4.39 Å². The predicted octanol–water partition coefficient (Wildman–Crippen LogP) is 5.91. The van der Waals surface area contributed by atoms with Gasteiger partial charge in [0.2, 0.25) is 0 Å². The highest BCUT2D eigenvalue weighted by molar-refractivity contribution is 7.99. The van der Waals surface area contributed by atoms with E-state index in [9.17, 15) is 4.39 Å². The summed E-state index contributed by atoms with van der Waals surface area (Å²) in [5.41, 5.74) is 10.9. The van der Waals surface area contributed by atoms with Crippen molar-refractivity contribution in [1.82, 2.24) is 10.4 Å². The van der Waals surface area contributed by atoms with Crippen LogP contribution in [0, 0.1) is 5.82 Å². The minimum absolute atomic E-state index is 0.159. The molecular formula is C28H38FN3OS. The molecule has 0 bridgehead atoms. The number of rotatable bonds is 11. The Balaban J connectivity index is 1.63. The van der Waals surface area contributed by atoms with Crippen molar-refractivity contribution in [3.8, 4) is 11.1 Å². The van der Waals surface area contributed by atoms with Crippen LogP contribution >= 0.6 is 11.8 Å². The highest BCUT2D eigenvalue weighted by atomic mass is 32.2. The van der Waals surface area contributed by atoms with E-state index < -0.39 is 0 Å². The molecule has 4 nitrogen and oxygen atoms in total. The van der Waals surface area contributed by atoms with Crippen LogP contribution in [0.15, 0.2) is 72.5 Å². The second-order valence-corrected chi connectivity index (χ2v) is 9.94. The lowest BCUT2D eigenvalue weighted by molar-refractivity contribution is -0.142. The number of halogens is 1. The lowest BCUT2D eigenvalue weighted by Crippen LogP contribution is -2.39. The average Bonchev–Trinajstić information content (AvgIpc) is 2.84. The van der Waals surface area contributed by atoms with Crippen LogP contribution in [0.2, 0.25) is 0 Å². The lowest BCUT2D eigenvalue weighted by Gasteiger charge is -2.33. The monoisotopic (exact) mass is 483 g/mol. The molecular weight excluding hydrogens is 445 g/mol. The zero-order valence-corrected chi connectivity index (χ0v) is 21.3. The van der Waals surface area contributed by atoms with Crippen LogP contribution in [0.25, 0.3) is 11.1 Å². The van der Waals surface area contributed by atoms with E-state index in [1.165, 1.54) is 11.8 Å². The summed E-state index contributed by atoms with van der Waals surface area (Å²) in [6, 6.07) is 15.1. The third kappa shape index (κ3) is 7.70. The first kappa shape index (κ1) is 26.5. The third-order valence-corrected chi connectivity index (χ3v) is 7.14. The molecule has 2 atom stereocenters. The molecule has 1 heterocycles. The van der Waals surface area contributed by atoms with Gasteiger partial charge in [0, 0.05) is 48.6 Å². The van der Waals surface area contributed by atoms with E-state index in [1.807, 2.05) is 30.3 Å². The summed E-state index contributed by atoms with van der Waals surface area (Å²) >= 11 is 1.80. The van der Waals surface area contributed by atoms with Crippen molar-refractivity contribution in [3.05, 3.63) is 83.8 Å². The van der Waals surface area contributed by atoms with Crippen LogP contribution in [0.4, 0.5) is 4.39 Å². The SMILES string of the molecule is C=C1/C=C(/CC(CN)SC)N(CCCC)OCC(NCc2ccc(-c3ccccc3F)cc2)C1. The lowest BCUT2D eigenvalue weighted by atomic mass is 10.0.